The van der Waals surface area contributed by atoms with Gasteiger partial charge >= 0.3 is 5.97 Å². The van der Waals surface area contributed by atoms with Gasteiger partial charge < -0.3 is 14.4 Å². The smallest absolute Gasteiger partial charge is 0.348 e. The van der Waals surface area contributed by atoms with Crippen LogP contribution < -0.4 is 4.74 Å². The molecule has 0 radical (unpaired) electrons. The average molecular weight is 321 g/mol. The zero-order valence-electron chi connectivity index (χ0n) is 13.4. The van der Waals surface area contributed by atoms with E-state index in [1.165, 1.54) is 11.3 Å². The zero-order chi connectivity index (χ0) is 15.9. The SMILES string of the molecule is CCN(CC)CCCOC(=O)c1cc2ccc(OC)cc2s1. The second-order valence-corrected chi connectivity index (χ2v) is 6.11. The first-order valence-electron chi connectivity index (χ1n) is 7.65. The number of hydrogen-bond donors (Lipinski definition) is 0. The van der Waals surface area contributed by atoms with Crippen LogP contribution in [-0.2, 0) is 4.74 Å². The van der Waals surface area contributed by atoms with Gasteiger partial charge in [0.2, 0.25) is 0 Å². The Kier molecular flexibility index (Phi) is 6.21. The Labute approximate surface area is 135 Å². The maximum atomic E-state index is 12.1. The molecule has 0 saturated heterocycles. The quantitative estimate of drug-likeness (QED) is 0.547. The van der Waals surface area contributed by atoms with Crippen molar-refractivity contribution in [1.82, 2.24) is 4.90 Å². The van der Waals surface area contributed by atoms with E-state index in [9.17, 15) is 4.79 Å². The third kappa shape index (κ3) is 4.21. The fourth-order valence-corrected chi connectivity index (χ4v) is 3.29. The van der Waals surface area contributed by atoms with Crippen molar-refractivity contribution in [2.45, 2.75) is 20.3 Å². The van der Waals surface area contributed by atoms with E-state index in [0.717, 1.165) is 41.9 Å². The number of methoxy groups -OCH3 is 1. The number of carbonyl (C=O) groups excluding carboxylic acids is 1. The summed E-state index contributed by atoms with van der Waals surface area (Å²) >= 11 is 1.44. The van der Waals surface area contributed by atoms with Crippen LogP contribution in [0.2, 0.25) is 0 Å². The predicted molar refractivity (Wildman–Crippen MR) is 91.1 cm³/mol. The maximum absolute atomic E-state index is 12.1. The fourth-order valence-electron chi connectivity index (χ4n) is 2.30. The van der Waals surface area contributed by atoms with E-state index in [1.807, 2.05) is 24.3 Å². The van der Waals surface area contributed by atoms with Gasteiger partial charge in [0.05, 0.1) is 13.7 Å². The molecule has 1 aromatic heterocycles. The lowest BCUT2D eigenvalue weighted by atomic mass is 10.2. The Morgan fingerprint density at radius 1 is 1.23 bits per heavy atom. The summed E-state index contributed by atoms with van der Waals surface area (Å²) < 4.78 is 11.6. The van der Waals surface area contributed by atoms with E-state index in [-0.39, 0.29) is 5.97 Å². The molecule has 0 N–H and O–H groups in total. The van der Waals surface area contributed by atoms with E-state index in [4.69, 9.17) is 9.47 Å². The molecule has 0 saturated carbocycles. The van der Waals surface area contributed by atoms with Gasteiger partial charge in [-0.2, -0.15) is 0 Å². The van der Waals surface area contributed by atoms with Crippen molar-refractivity contribution in [3.05, 3.63) is 29.1 Å². The lowest BCUT2D eigenvalue weighted by molar-refractivity contribution is 0.0495. The molecule has 5 heteroatoms. The first kappa shape index (κ1) is 16.8. The topological polar surface area (TPSA) is 38.8 Å². The molecule has 0 spiro atoms. The molecule has 2 aromatic rings. The molecule has 0 bridgehead atoms. The molecule has 0 aliphatic rings. The summed E-state index contributed by atoms with van der Waals surface area (Å²) in [5.74, 6) is 0.563. The minimum atomic E-state index is -0.236. The number of carbonyl (C=O) groups is 1. The minimum Gasteiger partial charge on any atom is -0.497 e. The fraction of sp³-hybridized carbons (Fsp3) is 0.471. The third-order valence-corrected chi connectivity index (χ3v) is 4.75. The van der Waals surface area contributed by atoms with Crippen LogP contribution in [0.15, 0.2) is 24.3 Å². The summed E-state index contributed by atoms with van der Waals surface area (Å²) in [6, 6.07) is 7.68. The molecule has 1 aromatic carbocycles. The van der Waals surface area contributed by atoms with Crippen LogP contribution in [0.1, 0.15) is 29.9 Å². The Bertz CT molecular complexity index is 619. The van der Waals surface area contributed by atoms with Crippen LogP contribution in [0.4, 0.5) is 0 Å². The Morgan fingerprint density at radius 3 is 2.68 bits per heavy atom. The third-order valence-electron chi connectivity index (χ3n) is 3.67. The van der Waals surface area contributed by atoms with E-state index >= 15 is 0 Å². The first-order chi connectivity index (χ1) is 10.7. The summed E-state index contributed by atoms with van der Waals surface area (Å²) in [7, 11) is 1.64. The number of ether oxygens (including phenoxy) is 2. The van der Waals surface area contributed by atoms with E-state index in [2.05, 4.69) is 18.7 Å². The van der Waals surface area contributed by atoms with Crippen molar-refractivity contribution in [2.75, 3.05) is 33.4 Å². The number of esters is 1. The second kappa shape index (κ2) is 8.15. The Morgan fingerprint density at radius 2 is 2.00 bits per heavy atom. The predicted octanol–water partition coefficient (Wildman–Crippen LogP) is 3.80. The van der Waals surface area contributed by atoms with Gasteiger partial charge in [-0.25, -0.2) is 4.79 Å². The minimum absolute atomic E-state index is 0.236. The van der Waals surface area contributed by atoms with Gasteiger partial charge in [0.25, 0.3) is 0 Å². The highest BCUT2D eigenvalue weighted by molar-refractivity contribution is 7.20. The average Bonchev–Trinajstić information content (AvgIpc) is 2.97. The Hall–Kier alpha value is -1.59. The zero-order valence-corrected chi connectivity index (χ0v) is 14.2. The van der Waals surface area contributed by atoms with Crippen molar-refractivity contribution in [3.63, 3.8) is 0 Å². The molecule has 0 aliphatic heterocycles. The lowest BCUT2D eigenvalue weighted by Gasteiger charge is -2.17. The molecular formula is C17H23NO3S. The molecule has 0 aliphatic carbocycles. The number of benzene rings is 1. The number of rotatable bonds is 8. The van der Waals surface area contributed by atoms with Crippen molar-refractivity contribution in [1.29, 1.82) is 0 Å². The lowest BCUT2D eigenvalue weighted by Crippen LogP contribution is -2.25. The van der Waals surface area contributed by atoms with Crippen molar-refractivity contribution >= 4 is 27.4 Å². The van der Waals surface area contributed by atoms with Gasteiger partial charge in [-0.1, -0.05) is 13.8 Å². The molecule has 22 heavy (non-hydrogen) atoms. The van der Waals surface area contributed by atoms with Crippen LogP contribution in [-0.4, -0.2) is 44.2 Å². The number of fused-ring (bicyclic) bond motifs is 1. The van der Waals surface area contributed by atoms with E-state index in [0.29, 0.717) is 11.5 Å². The molecule has 0 amide bonds. The highest BCUT2D eigenvalue weighted by atomic mass is 32.1. The highest BCUT2D eigenvalue weighted by Crippen LogP contribution is 2.29. The largest absolute Gasteiger partial charge is 0.497 e. The number of hydrogen-bond acceptors (Lipinski definition) is 5. The molecule has 0 atom stereocenters. The Balaban J connectivity index is 1.90. The summed E-state index contributed by atoms with van der Waals surface area (Å²) in [5, 5.41) is 1.04. The number of nitrogens with zero attached hydrogens (tertiary/aromatic N) is 1. The summed E-state index contributed by atoms with van der Waals surface area (Å²) in [5.41, 5.74) is 0. The van der Waals surface area contributed by atoms with Gasteiger partial charge in [0.15, 0.2) is 0 Å². The molecule has 120 valence electrons. The highest BCUT2D eigenvalue weighted by Gasteiger charge is 2.12. The standard InChI is InChI=1S/C17H23NO3S/c1-4-18(5-2)9-6-10-21-17(19)16-11-13-7-8-14(20-3)12-15(13)22-16/h7-8,11-12H,4-6,9-10H2,1-3H3. The van der Waals surface area contributed by atoms with Gasteiger partial charge in [-0.3, -0.25) is 0 Å². The molecular weight excluding hydrogens is 298 g/mol. The van der Waals surface area contributed by atoms with Gasteiger partial charge in [0.1, 0.15) is 10.6 Å². The summed E-state index contributed by atoms with van der Waals surface area (Å²) in [6.45, 7) is 7.77. The van der Waals surface area contributed by atoms with Crippen molar-refractivity contribution < 1.29 is 14.3 Å². The van der Waals surface area contributed by atoms with Gasteiger partial charge in [0, 0.05) is 11.2 Å². The summed E-state index contributed by atoms with van der Waals surface area (Å²) in [6.07, 6.45) is 0.867. The molecule has 4 nitrogen and oxygen atoms in total. The van der Waals surface area contributed by atoms with Gasteiger partial charge in [-0.05, 0) is 49.2 Å². The maximum Gasteiger partial charge on any atom is 0.348 e. The summed E-state index contributed by atoms with van der Waals surface area (Å²) in [4.78, 5) is 15.1. The van der Waals surface area contributed by atoms with Crippen molar-refractivity contribution in [2.24, 2.45) is 0 Å². The molecule has 2 rings (SSSR count). The van der Waals surface area contributed by atoms with Crippen molar-refractivity contribution in [3.8, 4) is 5.75 Å². The molecule has 1 heterocycles. The van der Waals surface area contributed by atoms with E-state index < -0.39 is 0 Å². The van der Waals surface area contributed by atoms with Crippen LogP contribution in [0.3, 0.4) is 0 Å². The number of thiophene rings is 1. The van der Waals surface area contributed by atoms with Crippen LogP contribution >= 0.6 is 11.3 Å². The molecule has 0 fully saturated rings. The van der Waals surface area contributed by atoms with Crippen LogP contribution in [0.5, 0.6) is 5.75 Å². The second-order valence-electron chi connectivity index (χ2n) is 5.03. The first-order valence-corrected chi connectivity index (χ1v) is 8.46. The normalized spacial score (nSPS) is 11.1. The van der Waals surface area contributed by atoms with E-state index in [1.54, 1.807) is 7.11 Å². The van der Waals surface area contributed by atoms with Gasteiger partial charge in [-0.15, -0.1) is 11.3 Å². The monoisotopic (exact) mass is 321 g/mol. The molecule has 0 unspecified atom stereocenters. The van der Waals surface area contributed by atoms with Crippen LogP contribution in [0, 0.1) is 0 Å². The van der Waals surface area contributed by atoms with Crippen LogP contribution in [0.25, 0.3) is 10.1 Å².